The van der Waals surface area contributed by atoms with Crippen molar-refractivity contribution in [3.8, 4) is 0 Å². The van der Waals surface area contributed by atoms with Crippen LogP contribution in [0.4, 0.5) is 13.2 Å². The van der Waals surface area contributed by atoms with Crippen molar-refractivity contribution in [2.45, 2.75) is 32.4 Å². The number of hydrogen-bond acceptors (Lipinski definition) is 2. The van der Waals surface area contributed by atoms with E-state index in [0.717, 1.165) is 19.3 Å². The van der Waals surface area contributed by atoms with Gasteiger partial charge in [0.15, 0.2) is 0 Å². The van der Waals surface area contributed by atoms with Crippen molar-refractivity contribution in [1.82, 2.24) is 4.90 Å². The van der Waals surface area contributed by atoms with E-state index in [1.165, 1.54) is 0 Å². The molecular weight excluding hydrogens is 235 g/mol. The van der Waals surface area contributed by atoms with Crippen molar-refractivity contribution in [3.05, 3.63) is 0 Å². The van der Waals surface area contributed by atoms with Gasteiger partial charge in [0.05, 0.1) is 0 Å². The molecule has 0 aromatic rings. The largest absolute Gasteiger partial charge is 0.411 e. The molecule has 3 nitrogen and oxygen atoms in total. The van der Waals surface area contributed by atoms with Crippen molar-refractivity contribution >= 4 is 5.91 Å². The molecule has 0 aromatic heterocycles. The Morgan fingerprint density at radius 1 is 1.47 bits per heavy atom. The van der Waals surface area contributed by atoms with Gasteiger partial charge >= 0.3 is 6.18 Å². The van der Waals surface area contributed by atoms with Gasteiger partial charge in [-0.1, -0.05) is 13.3 Å². The van der Waals surface area contributed by atoms with Crippen LogP contribution in [0.25, 0.3) is 0 Å². The van der Waals surface area contributed by atoms with E-state index in [0.29, 0.717) is 19.0 Å². The second-order valence-electron chi connectivity index (χ2n) is 4.36. The molecule has 1 aliphatic rings. The summed E-state index contributed by atoms with van der Waals surface area (Å²) in [5.74, 6) is 0.128. The molecular formula is C11H18F3NO2. The number of rotatable bonds is 4. The molecule has 0 bridgehead atoms. The minimum Gasteiger partial charge on any atom is -0.362 e. The normalized spacial score (nSPS) is 21.6. The summed E-state index contributed by atoms with van der Waals surface area (Å²) in [6, 6.07) is 0. The Morgan fingerprint density at radius 2 is 2.18 bits per heavy atom. The van der Waals surface area contributed by atoms with Gasteiger partial charge in [0.25, 0.3) is 0 Å². The molecule has 6 heteroatoms. The summed E-state index contributed by atoms with van der Waals surface area (Å²) >= 11 is 0. The molecule has 1 saturated heterocycles. The molecule has 0 aromatic carbocycles. The van der Waals surface area contributed by atoms with E-state index in [1.54, 1.807) is 4.90 Å². The van der Waals surface area contributed by atoms with Crippen molar-refractivity contribution < 1.29 is 22.7 Å². The lowest BCUT2D eigenvalue weighted by Crippen LogP contribution is -2.42. The van der Waals surface area contributed by atoms with Gasteiger partial charge in [-0.3, -0.25) is 4.79 Å². The Kier molecular flexibility index (Phi) is 5.24. The number of ether oxygens (including phenoxy) is 1. The van der Waals surface area contributed by atoms with Gasteiger partial charge in [0, 0.05) is 13.1 Å². The maximum absolute atomic E-state index is 11.8. The van der Waals surface area contributed by atoms with E-state index in [2.05, 4.69) is 11.7 Å². The van der Waals surface area contributed by atoms with Gasteiger partial charge in [-0.25, -0.2) is 0 Å². The zero-order valence-electron chi connectivity index (χ0n) is 9.92. The van der Waals surface area contributed by atoms with Crippen molar-refractivity contribution in [2.75, 3.05) is 26.3 Å². The van der Waals surface area contributed by atoms with Gasteiger partial charge in [-0.15, -0.1) is 0 Å². The first-order chi connectivity index (χ1) is 7.92. The number of piperidine rings is 1. The van der Waals surface area contributed by atoms with Crippen LogP contribution in [0, 0.1) is 5.92 Å². The first kappa shape index (κ1) is 14.3. The fraction of sp³-hybridized carbons (Fsp3) is 0.909. The Balaban J connectivity index is 2.27. The van der Waals surface area contributed by atoms with Crippen LogP contribution in [0.3, 0.4) is 0 Å². The standard InChI is InChI=1S/C11H18F3NO2/c1-2-9-4-3-5-15(6-9)10(16)7-17-8-11(12,13)14/h9H,2-8H2,1H3/t9-/m0/s1. The average molecular weight is 253 g/mol. The number of likely N-dealkylation sites (tertiary alicyclic amines) is 1. The van der Waals surface area contributed by atoms with Crippen LogP contribution in [-0.2, 0) is 9.53 Å². The Bertz CT molecular complexity index is 256. The SMILES string of the molecule is CC[C@H]1CCCN(C(=O)COCC(F)(F)F)C1. The van der Waals surface area contributed by atoms with E-state index < -0.39 is 19.4 Å². The van der Waals surface area contributed by atoms with E-state index in [4.69, 9.17) is 0 Å². The molecule has 1 fully saturated rings. The molecule has 0 N–H and O–H groups in total. The van der Waals surface area contributed by atoms with Gasteiger partial charge in [-0.05, 0) is 18.8 Å². The number of halogens is 3. The van der Waals surface area contributed by atoms with E-state index in [1.807, 2.05) is 0 Å². The van der Waals surface area contributed by atoms with Crippen LogP contribution >= 0.6 is 0 Å². The molecule has 0 aliphatic carbocycles. The lowest BCUT2D eigenvalue weighted by molar-refractivity contribution is -0.178. The fourth-order valence-electron chi connectivity index (χ4n) is 1.97. The van der Waals surface area contributed by atoms with Crippen LogP contribution in [0.2, 0.25) is 0 Å². The van der Waals surface area contributed by atoms with Crippen molar-refractivity contribution in [3.63, 3.8) is 0 Å². The third kappa shape index (κ3) is 5.39. The number of nitrogens with zero attached hydrogens (tertiary/aromatic N) is 1. The van der Waals surface area contributed by atoms with Crippen LogP contribution in [-0.4, -0.2) is 43.3 Å². The van der Waals surface area contributed by atoms with Crippen LogP contribution in [0.15, 0.2) is 0 Å². The van der Waals surface area contributed by atoms with Gasteiger partial charge < -0.3 is 9.64 Å². The Labute approximate surface area is 98.9 Å². The monoisotopic (exact) mass is 253 g/mol. The van der Waals surface area contributed by atoms with Crippen LogP contribution in [0.5, 0.6) is 0 Å². The van der Waals surface area contributed by atoms with Crippen molar-refractivity contribution in [1.29, 1.82) is 0 Å². The summed E-state index contributed by atoms with van der Waals surface area (Å²) in [5, 5.41) is 0. The molecule has 1 heterocycles. The lowest BCUT2D eigenvalue weighted by atomic mass is 9.96. The van der Waals surface area contributed by atoms with E-state index >= 15 is 0 Å². The number of carbonyl (C=O) groups is 1. The predicted octanol–water partition coefficient (Wildman–Crippen LogP) is 2.21. The molecule has 0 unspecified atom stereocenters. The highest BCUT2D eigenvalue weighted by atomic mass is 19.4. The smallest absolute Gasteiger partial charge is 0.362 e. The molecule has 0 saturated carbocycles. The van der Waals surface area contributed by atoms with Crippen LogP contribution < -0.4 is 0 Å². The van der Waals surface area contributed by atoms with Crippen LogP contribution in [0.1, 0.15) is 26.2 Å². The first-order valence-corrected chi connectivity index (χ1v) is 5.84. The molecule has 1 atom stereocenters. The van der Waals surface area contributed by atoms with Gasteiger partial charge in [0.2, 0.25) is 5.91 Å². The molecule has 100 valence electrons. The summed E-state index contributed by atoms with van der Waals surface area (Å²) in [5.41, 5.74) is 0. The lowest BCUT2D eigenvalue weighted by Gasteiger charge is -2.32. The topological polar surface area (TPSA) is 29.5 Å². The summed E-state index contributed by atoms with van der Waals surface area (Å²) < 4.78 is 39.8. The summed E-state index contributed by atoms with van der Waals surface area (Å²) in [7, 11) is 0. The number of carbonyl (C=O) groups excluding carboxylic acids is 1. The number of hydrogen-bond donors (Lipinski definition) is 0. The number of alkyl halides is 3. The highest BCUT2D eigenvalue weighted by Crippen LogP contribution is 2.19. The molecule has 17 heavy (non-hydrogen) atoms. The first-order valence-electron chi connectivity index (χ1n) is 5.84. The van der Waals surface area contributed by atoms with E-state index in [9.17, 15) is 18.0 Å². The number of amides is 1. The Morgan fingerprint density at radius 3 is 2.76 bits per heavy atom. The molecule has 0 spiro atoms. The third-order valence-electron chi connectivity index (χ3n) is 2.94. The second kappa shape index (κ2) is 6.23. The zero-order chi connectivity index (χ0) is 12.9. The highest BCUT2D eigenvalue weighted by molar-refractivity contribution is 5.77. The van der Waals surface area contributed by atoms with Gasteiger partial charge in [-0.2, -0.15) is 13.2 Å². The maximum atomic E-state index is 11.8. The zero-order valence-corrected chi connectivity index (χ0v) is 9.92. The minimum absolute atomic E-state index is 0.340. The fourth-order valence-corrected chi connectivity index (χ4v) is 1.97. The highest BCUT2D eigenvalue weighted by Gasteiger charge is 2.29. The van der Waals surface area contributed by atoms with Gasteiger partial charge in [0.1, 0.15) is 13.2 Å². The predicted molar refractivity (Wildman–Crippen MR) is 56.5 cm³/mol. The second-order valence-corrected chi connectivity index (χ2v) is 4.36. The quantitative estimate of drug-likeness (QED) is 0.768. The summed E-state index contributed by atoms with van der Waals surface area (Å²) in [4.78, 5) is 13.2. The Hall–Kier alpha value is -0.780. The van der Waals surface area contributed by atoms with Crippen molar-refractivity contribution in [2.24, 2.45) is 5.92 Å². The summed E-state index contributed by atoms with van der Waals surface area (Å²) in [6.07, 6.45) is -1.37. The minimum atomic E-state index is -4.37. The maximum Gasteiger partial charge on any atom is 0.411 e. The molecule has 1 aliphatic heterocycles. The molecule has 1 rings (SSSR count). The third-order valence-corrected chi connectivity index (χ3v) is 2.94. The molecule has 0 radical (unpaired) electrons. The van der Waals surface area contributed by atoms with E-state index in [-0.39, 0.29) is 5.91 Å². The average Bonchev–Trinajstić information content (AvgIpc) is 2.27. The summed E-state index contributed by atoms with van der Waals surface area (Å²) in [6.45, 7) is 1.49. The molecule has 1 amide bonds.